The molecule has 9 heteroatoms. The van der Waals surface area contributed by atoms with Gasteiger partial charge in [-0.3, -0.25) is 9.59 Å². The summed E-state index contributed by atoms with van der Waals surface area (Å²) in [5.74, 6) is -0.0841. The van der Waals surface area contributed by atoms with Gasteiger partial charge in [0, 0.05) is 17.0 Å². The highest BCUT2D eigenvalue weighted by molar-refractivity contribution is 8.02. The van der Waals surface area contributed by atoms with E-state index in [1.54, 1.807) is 24.3 Å². The average molecular weight is 373 g/mol. The Balaban J connectivity index is 1.68. The number of thioether (sulfide) groups is 1. The van der Waals surface area contributed by atoms with Gasteiger partial charge in [-0.05, 0) is 18.6 Å². The second-order valence-electron chi connectivity index (χ2n) is 5.28. The SMILES string of the molecule is COc1cccc(NC(=O)COC(=O)CS[C@@H]2CCS(=O)(=O)C2)c1. The molecule has 0 spiro atoms. The first-order valence-corrected chi connectivity index (χ1v) is 10.2. The Morgan fingerprint density at radius 1 is 1.38 bits per heavy atom. The molecule has 7 nitrogen and oxygen atoms in total. The lowest BCUT2D eigenvalue weighted by molar-refractivity contribution is -0.144. The van der Waals surface area contributed by atoms with Gasteiger partial charge in [0.25, 0.3) is 5.91 Å². The quantitative estimate of drug-likeness (QED) is 0.715. The molecule has 0 unspecified atom stereocenters. The van der Waals surface area contributed by atoms with Crippen molar-refractivity contribution in [3.8, 4) is 5.75 Å². The first-order chi connectivity index (χ1) is 11.4. The highest BCUT2D eigenvalue weighted by Crippen LogP contribution is 2.24. The van der Waals surface area contributed by atoms with Crippen molar-refractivity contribution < 1.29 is 27.5 Å². The van der Waals surface area contributed by atoms with Gasteiger partial charge < -0.3 is 14.8 Å². The maximum Gasteiger partial charge on any atom is 0.316 e. The highest BCUT2D eigenvalue weighted by Gasteiger charge is 2.28. The van der Waals surface area contributed by atoms with Crippen LogP contribution in [0, 0.1) is 0 Å². The van der Waals surface area contributed by atoms with Gasteiger partial charge in [0.15, 0.2) is 16.4 Å². The predicted octanol–water partition coefficient (Wildman–Crippen LogP) is 1.10. The van der Waals surface area contributed by atoms with Gasteiger partial charge in [-0.15, -0.1) is 11.8 Å². The minimum Gasteiger partial charge on any atom is -0.497 e. The van der Waals surface area contributed by atoms with E-state index in [0.29, 0.717) is 17.9 Å². The van der Waals surface area contributed by atoms with E-state index >= 15 is 0 Å². The topological polar surface area (TPSA) is 98.8 Å². The highest BCUT2D eigenvalue weighted by atomic mass is 32.2. The number of anilines is 1. The van der Waals surface area contributed by atoms with Crippen molar-refractivity contribution in [3.63, 3.8) is 0 Å². The van der Waals surface area contributed by atoms with Crippen molar-refractivity contribution in [2.75, 3.05) is 36.3 Å². The third kappa shape index (κ3) is 6.04. The molecule has 1 aliphatic rings. The zero-order valence-corrected chi connectivity index (χ0v) is 14.8. The Labute approximate surface area is 145 Å². The number of benzene rings is 1. The van der Waals surface area contributed by atoms with Gasteiger partial charge in [0.2, 0.25) is 0 Å². The molecule has 1 atom stereocenters. The monoisotopic (exact) mass is 373 g/mol. The summed E-state index contributed by atoms with van der Waals surface area (Å²) in [5, 5.41) is 2.52. The van der Waals surface area contributed by atoms with E-state index < -0.39 is 21.7 Å². The molecule has 0 radical (unpaired) electrons. The summed E-state index contributed by atoms with van der Waals surface area (Å²) in [6.07, 6.45) is 0.552. The molecule has 1 aromatic carbocycles. The largest absolute Gasteiger partial charge is 0.497 e. The van der Waals surface area contributed by atoms with Crippen molar-refractivity contribution in [3.05, 3.63) is 24.3 Å². The fourth-order valence-electron chi connectivity index (χ4n) is 2.16. The third-order valence-electron chi connectivity index (χ3n) is 3.35. The summed E-state index contributed by atoms with van der Waals surface area (Å²) in [6.45, 7) is -0.389. The Hall–Kier alpha value is -1.74. The third-order valence-corrected chi connectivity index (χ3v) is 6.60. The van der Waals surface area contributed by atoms with E-state index in [1.807, 2.05) is 0 Å². The number of esters is 1. The van der Waals surface area contributed by atoms with E-state index in [2.05, 4.69) is 5.32 Å². The first-order valence-electron chi connectivity index (χ1n) is 7.29. The molecular weight excluding hydrogens is 354 g/mol. The minimum absolute atomic E-state index is 0.0344. The van der Waals surface area contributed by atoms with Crippen LogP contribution >= 0.6 is 11.8 Å². The second-order valence-corrected chi connectivity index (χ2v) is 8.79. The van der Waals surface area contributed by atoms with Crippen LogP contribution in [0.15, 0.2) is 24.3 Å². The molecule has 0 bridgehead atoms. The summed E-state index contributed by atoms with van der Waals surface area (Å²) >= 11 is 1.25. The maximum absolute atomic E-state index is 11.7. The summed E-state index contributed by atoms with van der Waals surface area (Å²) in [5.41, 5.74) is 0.543. The van der Waals surface area contributed by atoms with Crippen molar-refractivity contribution in [1.29, 1.82) is 0 Å². The maximum atomic E-state index is 11.7. The predicted molar refractivity (Wildman–Crippen MR) is 92.1 cm³/mol. The fourth-order valence-corrected chi connectivity index (χ4v) is 5.60. The number of sulfone groups is 1. The molecule has 1 amide bonds. The number of hydrogen-bond acceptors (Lipinski definition) is 7. The van der Waals surface area contributed by atoms with Crippen LogP contribution in [0.25, 0.3) is 0 Å². The van der Waals surface area contributed by atoms with Gasteiger partial charge in [0.1, 0.15) is 5.75 Å². The lowest BCUT2D eigenvalue weighted by Crippen LogP contribution is -2.22. The average Bonchev–Trinajstić information content (AvgIpc) is 2.90. The molecule has 24 heavy (non-hydrogen) atoms. The molecule has 1 saturated heterocycles. The summed E-state index contributed by atoms with van der Waals surface area (Å²) in [6, 6.07) is 6.82. The Kier molecular flexibility index (Phi) is 6.50. The minimum atomic E-state index is -2.96. The summed E-state index contributed by atoms with van der Waals surface area (Å²) in [7, 11) is -1.43. The first kappa shape index (κ1) is 18.6. The second kappa shape index (κ2) is 8.39. The van der Waals surface area contributed by atoms with Crippen molar-refractivity contribution in [1.82, 2.24) is 0 Å². The molecule has 1 fully saturated rings. The molecule has 1 aromatic rings. The number of nitrogens with one attached hydrogen (secondary N) is 1. The number of rotatable bonds is 7. The van der Waals surface area contributed by atoms with Crippen molar-refractivity contribution in [2.45, 2.75) is 11.7 Å². The number of carbonyl (C=O) groups is 2. The zero-order valence-electron chi connectivity index (χ0n) is 13.2. The molecular formula is C15H19NO6S2. The van der Waals surface area contributed by atoms with E-state index in [1.165, 1.54) is 18.9 Å². The molecule has 0 aliphatic carbocycles. The van der Waals surface area contributed by atoms with E-state index in [9.17, 15) is 18.0 Å². The van der Waals surface area contributed by atoms with E-state index in [-0.39, 0.29) is 29.1 Å². The van der Waals surface area contributed by atoms with Gasteiger partial charge >= 0.3 is 5.97 Å². The number of hydrogen-bond donors (Lipinski definition) is 1. The van der Waals surface area contributed by atoms with Crippen LogP contribution in [0.4, 0.5) is 5.69 Å². The number of ether oxygens (including phenoxy) is 2. The lowest BCUT2D eigenvalue weighted by atomic mass is 10.3. The molecule has 1 N–H and O–H groups in total. The van der Waals surface area contributed by atoms with Crippen LogP contribution in [-0.4, -0.2) is 56.5 Å². The van der Waals surface area contributed by atoms with Gasteiger partial charge in [-0.1, -0.05) is 6.07 Å². The van der Waals surface area contributed by atoms with Gasteiger partial charge in [0.05, 0.1) is 24.4 Å². The molecule has 132 valence electrons. The van der Waals surface area contributed by atoms with Crippen LogP contribution in [0.1, 0.15) is 6.42 Å². The van der Waals surface area contributed by atoms with Crippen molar-refractivity contribution in [2.24, 2.45) is 0 Å². The molecule has 0 saturated carbocycles. The van der Waals surface area contributed by atoms with Gasteiger partial charge in [-0.25, -0.2) is 8.42 Å². The molecule has 1 aliphatic heterocycles. The van der Waals surface area contributed by atoms with Gasteiger partial charge in [-0.2, -0.15) is 0 Å². The normalized spacial score (nSPS) is 18.8. The number of methoxy groups -OCH3 is 1. The van der Waals surface area contributed by atoms with Crippen LogP contribution in [0.5, 0.6) is 5.75 Å². The van der Waals surface area contributed by atoms with E-state index in [0.717, 1.165) is 0 Å². The van der Waals surface area contributed by atoms with Crippen molar-refractivity contribution >= 4 is 39.2 Å². The van der Waals surface area contributed by atoms with Crippen LogP contribution in [0.3, 0.4) is 0 Å². The molecule has 2 rings (SSSR count). The summed E-state index contributed by atoms with van der Waals surface area (Å²) in [4.78, 5) is 23.4. The van der Waals surface area contributed by atoms with Crippen LogP contribution in [0.2, 0.25) is 0 Å². The number of carbonyl (C=O) groups excluding carboxylic acids is 2. The standard InChI is InChI=1S/C15H19NO6S2/c1-21-12-4-2-3-11(7-12)16-14(17)8-22-15(18)9-23-13-5-6-24(19,20)10-13/h2-4,7,13H,5-6,8-10H2,1H3,(H,16,17)/t13-/m1/s1. The van der Waals surface area contributed by atoms with Crippen LogP contribution in [-0.2, 0) is 24.2 Å². The van der Waals surface area contributed by atoms with Crippen LogP contribution < -0.4 is 10.1 Å². The van der Waals surface area contributed by atoms with E-state index in [4.69, 9.17) is 9.47 Å². The number of amides is 1. The Bertz CT molecular complexity index is 704. The summed E-state index contributed by atoms with van der Waals surface area (Å²) < 4.78 is 32.6. The molecule has 1 heterocycles. The lowest BCUT2D eigenvalue weighted by Gasteiger charge is -2.09. The fraction of sp³-hybridized carbons (Fsp3) is 0.467. The zero-order chi connectivity index (χ0) is 17.6. The molecule has 0 aromatic heterocycles. The smallest absolute Gasteiger partial charge is 0.316 e. The Morgan fingerprint density at radius 3 is 2.83 bits per heavy atom. The Morgan fingerprint density at radius 2 is 2.17 bits per heavy atom.